The number of benzene rings is 1. The number of rotatable bonds is 4. The van der Waals surface area contributed by atoms with Gasteiger partial charge in [-0.2, -0.15) is 0 Å². The second-order valence-corrected chi connectivity index (χ2v) is 3.64. The molecule has 0 bridgehead atoms. The minimum absolute atomic E-state index is 0.0602. The molecule has 0 aliphatic rings. The highest BCUT2D eigenvalue weighted by molar-refractivity contribution is 9.10. The lowest BCUT2D eigenvalue weighted by Gasteiger charge is -2.07. The largest absolute Gasteiger partial charge is 0.396 e. The van der Waals surface area contributed by atoms with Crippen LogP contribution >= 0.6 is 15.9 Å². The van der Waals surface area contributed by atoms with E-state index in [2.05, 4.69) is 15.9 Å². The Bertz CT molecular complexity index is 339. The number of aliphatic hydroxyl groups excluding tert-OH is 1. The van der Waals surface area contributed by atoms with Crippen molar-refractivity contribution in [3.8, 4) is 0 Å². The number of amides is 1. The van der Waals surface area contributed by atoms with Crippen LogP contribution in [0.5, 0.6) is 0 Å². The maximum atomic E-state index is 11.1. The van der Waals surface area contributed by atoms with Crippen LogP contribution in [-0.2, 0) is 0 Å². The Kier molecular flexibility index (Phi) is 4.10. The lowest BCUT2D eigenvalue weighted by Crippen LogP contribution is -2.14. The van der Waals surface area contributed by atoms with Crippen LogP contribution in [0, 0.1) is 6.42 Å². The molecule has 0 heterocycles. The normalized spacial score (nSPS) is 10.1. The maximum absolute atomic E-state index is 11.1. The number of nitrogens with two attached hydrogens (primary N) is 1. The predicted molar refractivity (Wildman–Crippen MR) is 57.8 cm³/mol. The van der Waals surface area contributed by atoms with Crippen LogP contribution in [-0.4, -0.2) is 17.6 Å². The molecule has 0 spiro atoms. The first-order chi connectivity index (χ1) is 6.66. The zero-order chi connectivity index (χ0) is 10.6. The average Bonchev–Trinajstić information content (AvgIpc) is 2.14. The zero-order valence-electron chi connectivity index (χ0n) is 7.53. The minimum atomic E-state index is -0.471. The van der Waals surface area contributed by atoms with E-state index in [1.54, 1.807) is 18.6 Å². The number of primary amides is 1. The molecular weight excluding hydrogens is 246 g/mol. The lowest BCUT2D eigenvalue weighted by molar-refractivity contribution is 0.0999. The van der Waals surface area contributed by atoms with Crippen molar-refractivity contribution in [1.82, 2.24) is 0 Å². The van der Waals surface area contributed by atoms with Crippen LogP contribution in [0.3, 0.4) is 0 Å². The van der Waals surface area contributed by atoms with Crippen molar-refractivity contribution in [2.24, 2.45) is 5.73 Å². The summed E-state index contributed by atoms with van der Waals surface area (Å²) >= 11 is 3.26. The van der Waals surface area contributed by atoms with E-state index in [9.17, 15) is 4.79 Å². The summed E-state index contributed by atoms with van der Waals surface area (Å²) < 4.78 is 0.677. The van der Waals surface area contributed by atoms with Gasteiger partial charge in [0, 0.05) is 11.1 Å². The van der Waals surface area contributed by atoms with E-state index >= 15 is 0 Å². The van der Waals surface area contributed by atoms with E-state index in [0.717, 1.165) is 5.56 Å². The zero-order valence-corrected chi connectivity index (χ0v) is 9.12. The Hall–Kier alpha value is -0.870. The molecule has 1 rings (SSSR count). The predicted octanol–water partition coefficient (Wildman–Crippen LogP) is 1.48. The molecule has 0 aromatic heterocycles. The van der Waals surface area contributed by atoms with Crippen molar-refractivity contribution < 1.29 is 9.90 Å². The molecule has 1 amide bonds. The number of carbonyl (C=O) groups is 1. The molecular formula is C10H11BrNO2. The quantitative estimate of drug-likeness (QED) is 0.858. The van der Waals surface area contributed by atoms with Gasteiger partial charge in [-0.05, 0) is 40.4 Å². The number of aliphatic hydroxyl groups is 1. The number of halogens is 1. The third-order valence-corrected chi connectivity index (χ3v) is 2.45. The molecule has 0 saturated carbocycles. The van der Waals surface area contributed by atoms with Crippen molar-refractivity contribution in [2.45, 2.75) is 6.42 Å². The monoisotopic (exact) mass is 256 g/mol. The number of carbonyl (C=O) groups excluding carboxylic acids is 1. The molecule has 0 atom stereocenters. The van der Waals surface area contributed by atoms with Gasteiger partial charge in [-0.25, -0.2) is 0 Å². The smallest absolute Gasteiger partial charge is 0.250 e. The molecule has 1 radical (unpaired) electrons. The van der Waals surface area contributed by atoms with Crippen LogP contribution in [0.25, 0.3) is 0 Å². The Morgan fingerprint density at radius 2 is 2.29 bits per heavy atom. The summed E-state index contributed by atoms with van der Waals surface area (Å²) in [4.78, 5) is 11.1. The maximum Gasteiger partial charge on any atom is 0.250 e. The van der Waals surface area contributed by atoms with Gasteiger partial charge in [-0.1, -0.05) is 12.1 Å². The van der Waals surface area contributed by atoms with Crippen LogP contribution in [0.2, 0.25) is 0 Å². The highest BCUT2D eigenvalue weighted by Gasteiger charge is 2.11. The van der Waals surface area contributed by atoms with E-state index < -0.39 is 5.91 Å². The van der Waals surface area contributed by atoms with Crippen molar-refractivity contribution in [3.05, 3.63) is 40.2 Å². The second kappa shape index (κ2) is 5.12. The SMILES string of the molecule is NC(=O)c1c(Br)cccc1[CH]CCO. The summed E-state index contributed by atoms with van der Waals surface area (Å²) in [7, 11) is 0. The van der Waals surface area contributed by atoms with E-state index in [1.807, 2.05) is 6.07 Å². The molecule has 4 heteroatoms. The van der Waals surface area contributed by atoms with Gasteiger partial charge in [-0.15, -0.1) is 0 Å². The molecule has 0 unspecified atom stereocenters. The molecule has 1 aromatic carbocycles. The molecule has 0 saturated heterocycles. The van der Waals surface area contributed by atoms with Gasteiger partial charge < -0.3 is 10.8 Å². The molecule has 0 aliphatic heterocycles. The van der Waals surface area contributed by atoms with Crippen molar-refractivity contribution in [2.75, 3.05) is 6.61 Å². The Labute approximate surface area is 91.1 Å². The first kappa shape index (κ1) is 11.2. The van der Waals surface area contributed by atoms with Gasteiger partial charge in [0.05, 0.1) is 5.56 Å². The van der Waals surface area contributed by atoms with Gasteiger partial charge in [-0.3, -0.25) is 4.79 Å². The summed E-state index contributed by atoms with van der Waals surface area (Å²) in [6.45, 7) is 0.0602. The molecule has 3 N–H and O–H groups in total. The van der Waals surface area contributed by atoms with Gasteiger partial charge >= 0.3 is 0 Å². The molecule has 14 heavy (non-hydrogen) atoms. The van der Waals surface area contributed by atoms with Gasteiger partial charge in [0.1, 0.15) is 0 Å². The Morgan fingerprint density at radius 3 is 2.86 bits per heavy atom. The van der Waals surface area contributed by atoms with Gasteiger partial charge in [0.15, 0.2) is 0 Å². The van der Waals surface area contributed by atoms with Crippen LogP contribution in [0.15, 0.2) is 22.7 Å². The van der Waals surface area contributed by atoms with Gasteiger partial charge in [0.2, 0.25) is 5.91 Å². The Morgan fingerprint density at radius 1 is 1.57 bits per heavy atom. The van der Waals surface area contributed by atoms with Crippen molar-refractivity contribution >= 4 is 21.8 Å². The molecule has 3 nitrogen and oxygen atoms in total. The highest BCUT2D eigenvalue weighted by atomic mass is 79.9. The molecule has 75 valence electrons. The first-order valence-electron chi connectivity index (χ1n) is 4.19. The number of hydrogen-bond donors (Lipinski definition) is 2. The van der Waals surface area contributed by atoms with Gasteiger partial charge in [0.25, 0.3) is 0 Å². The van der Waals surface area contributed by atoms with Crippen molar-refractivity contribution in [1.29, 1.82) is 0 Å². The molecule has 0 fully saturated rings. The lowest BCUT2D eigenvalue weighted by atomic mass is 10.0. The van der Waals surface area contributed by atoms with Crippen molar-refractivity contribution in [3.63, 3.8) is 0 Å². The van der Waals surface area contributed by atoms with E-state index in [1.165, 1.54) is 0 Å². The molecule has 0 aliphatic carbocycles. The van der Waals surface area contributed by atoms with Crippen LogP contribution in [0.4, 0.5) is 0 Å². The van der Waals surface area contributed by atoms with E-state index in [0.29, 0.717) is 16.5 Å². The summed E-state index contributed by atoms with van der Waals surface area (Å²) in [5.41, 5.74) is 6.45. The summed E-state index contributed by atoms with van der Waals surface area (Å²) in [6.07, 6.45) is 2.29. The second-order valence-electron chi connectivity index (χ2n) is 2.78. The fraction of sp³-hybridized carbons (Fsp3) is 0.200. The number of hydrogen-bond acceptors (Lipinski definition) is 2. The highest BCUT2D eigenvalue weighted by Crippen LogP contribution is 2.21. The van der Waals surface area contributed by atoms with E-state index in [-0.39, 0.29) is 6.61 Å². The average molecular weight is 257 g/mol. The Balaban J connectivity index is 3.02. The van der Waals surface area contributed by atoms with Crippen LogP contribution < -0.4 is 5.73 Å². The summed E-state index contributed by atoms with van der Waals surface area (Å²) in [6, 6.07) is 5.37. The summed E-state index contributed by atoms with van der Waals surface area (Å²) in [5.74, 6) is -0.471. The standard InChI is InChI=1S/C10H11BrNO2/c11-8-5-1-3-7(4-2-6-13)9(8)10(12)14/h1,3-5,13H,2,6H2,(H2,12,14). The van der Waals surface area contributed by atoms with Crippen LogP contribution in [0.1, 0.15) is 22.3 Å². The fourth-order valence-electron chi connectivity index (χ4n) is 1.19. The third-order valence-electron chi connectivity index (χ3n) is 1.79. The molecule has 1 aromatic rings. The van der Waals surface area contributed by atoms with E-state index in [4.69, 9.17) is 10.8 Å². The topological polar surface area (TPSA) is 63.3 Å². The first-order valence-corrected chi connectivity index (χ1v) is 4.98. The minimum Gasteiger partial charge on any atom is -0.396 e. The third kappa shape index (κ3) is 2.56. The summed E-state index contributed by atoms with van der Waals surface area (Å²) in [5, 5.41) is 8.67. The fourth-order valence-corrected chi connectivity index (χ4v) is 1.77.